The normalized spacial score (nSPS) is 15.5. The van der Waals surface area contributed by atoms with E-state index >= 15 is 0 Å². The van der Waals surface area contributed by atoms with Gasteiger partial charge < -0.3 is 23.7 Å². The van der Waals surface area contributed by atoms with Crippen LogP contribution in [-0.2, 0) is 17.9 Å². The van der Waals surface area contributed by atoms with E-state index in [-0.39, 0.29) is 11.8 Å². The number of methoxy groups -OCH3 is 2. The summed E-state index contributed by atoms with van der Waals surface area (Å²) in [6, 6.07) is 23.5. The number of fused-ring (bicyclic) bond motifs is 1. The van der Waals surface area contributed by atoms with Crippen LogP contribution >= 0.6 is 0 Å². The van der Waals surface area contributed by atoms with Crippen molar-refractivity contribution in [1.29, 1.82) is 0 Å². The van der Waals surface area contributed by atoms with Crippen molar-refractivity contribution in [2.45, 2.75) is 25.4 Å². The second-order valence-corrected chi connectivity index (χ2v) is 8.66. The Bertz CT molecular complexity index is 1300. The summed E-state index contributed by atoms with van der Waals surface area (Å²) in [5.74, 6) is 3.52. The van der Waals surface area contributed by atoms with Crippen LogP contribution in [0.5, 0.6) is 17.2 Å². The van der Waals surface area contributed by atoms with E-state index in [0.29, 0.717) is 32.7 Å². The number of rotatable bonds is 9. The highest BCUT2D eigenvalue weighted by Gasteiger charge is 2.34. The molecule has 3 aromatic carbocycles. The van der Waals surface area contributed by atoms with Gasteiger partial charge in [-0.3, -0.25) is 4.79 Å². The molecule has 1 aliphatic rings. The highest BCUT2D eigenvalue weighted by molar-refractivity contribution is 5.81. The maximum Gasteiger partial charge on any atom is 0.223 e. The Labute approximate surface area is 204 Å². The molecule has 1 atom stereocenters. The van der Waals surface area contributed by atoms with Crippen molar-refractivity contribution < 1.29 is 19.0 Å². The van der Waals surface area contributed by atoms with Crippen molar-refractivity contribution in [3.05, 3.63) is 84.2 Å². The van der Waals surface area contributed by atoms with Crippen molar-refractivity contribution in [2.75, 3.05) is 27.4 Å². The zero-order chi connectivity index (χ0) is 24.2. The fraction of sp³-hybridized carbons (Fsp3) is 0.286. The van der Waals surface area contributed by atoms with E-state index in [2.05, 4.69) is 10.6 Å². The molecule has 180 valence electrons. The molecule has 4 aromatic rings. The first-order valence-electron chi connectivity index (χ1n) is 11.8. The van der Waals surface area contributed by atoms with Gasteiger partial charge in [0.15, 0.2) is 0 Å². The van der Waals surface area contributed by atoms with Gasteiger partial charge in [0.25, 0.3) is 0 Å². The van der Waals surface area contributed by atoms with Gasteiger partial charge in [-0.1, -0.05) is 24.3 Å². The minimum Gasteiger partial charge on any atom is -0.497 e. The molecule has 1 aromatic heterocycles. The maximum absolute atomic E-state index is 12.9. The van der Waals surface area contributed by atoms with E-state index in [1.807, 2.05) is 71.6 Å². The lowest BCUT2D eigenvalue weighted by Gasteiger charge is -2.18. The summed E-state index contributed by atoms with van der Waals surface area (Å²) < 4.78 is 18.6. The number of amides is 1. The first-order valence-corrected chi connectivity index (χ1v) is 11.8. The highest BCUT2D eigenvalue weighted by atomic mass is 16.5. The summed E-state index contributed by atoms with van der Waals surface area (Å²) in [7, 11) is 3.30. The molecule has 7 nitrogen and oxygen atoms in total. The molecule has 1 amide bonds. The lowest BCUT2D eigenvalue weighted by Crippen LogP contribution is -2.24. The number of ether oxygens (including phenoxy) is 3. The Hall–Kier alpha value is -4.00. The van der Waals surface area contributed by atoms with Crippen LogP contribution in [0.3, 0.4) is 0 Å². The van der Waals surface area contributed by atoms with Crippen LogP contribution in [0.15, 0.2) is 72.8 Å². The molecule has 1 fully saturated rings. The van der Waals surface area contributed by atoms with Crippen molar-refractivity contribution in [2.24, 2.45) is 0 Å². The number of aromatic nitrogens is 2. The Morgan fingerprint density at radius 1 is 0.886 bits per heavy atom. The smallest absolute Gasteiger partial charge is 0.223 e. The van der Waals surface area contributed by atoms with Gasteiger partial charge in [-0.25, -0.2) is 4.98 Å². The van der Waals surface area contributed by atoms with E-state index in [9.17, 15) is 4.79 Å². The zero-order valence-corrected chi connectivity index (χ0v) is 20.0. The summed E-state index contributed by atoms with van der Waals surface area (Å²) in [6.45, 7) is 2.37. The van der Waals surface area contributed by atoms with Gasteiger partial charge in [0.2, 0.25) is 5.91 Å². The molecule has 5 rings (SSSR count). The van der Waals surface area contributed by atoms with Crippen molar-refractivity contribution in [3.63, 3.8) is 0 Å². The summed E-state index contributed by atoms with van der Waals surface area (Å²) >= 11 is 0. The number of hydrogen-bond donors (Lipinski definition) is 0. The van der Waals surface area contributed by atoms with E-state index in [1.165, 1.54) is 0 Å². The third-order valence-electron chi connectivity index (χ3n) is 6.44. The van der Waals surface area contributed by atoms with Crippen molar-refractivity contribution in [1.82, 2.24) is 14.5 Å². The topological polar surface area (TPSA) is 65.8 Å². The number of imidazole rings is 1. The SMILES string of the molecule is COc1ccc(CN2CC(c3nc4ccccc4n3CCOc3ccc(OC)cc3)CC2=O)cc1. The molecular weight excluding hydrogens is 442 g/mol. The van der Waals surface area contributed by atoms with Gasteiger partial charge in [0, 0.05) is 25.4 Å². The van der Waals surface area contributed by atoms with Crippen LogP contribution in [0.25, 0.3) is 11.0 Å². The number of nitrogens with zero attached hydrogens (tertiary/aromatic N) is 3. The second-order valence-electron chi connectivity index (χ2n) is 8.66. The maximum atomic E-state index is 12.9. The van der Waals surface area contributed by atoms with E-state index < -0.39 is 0 Å². The fourth-order valence-electron chi connectivity index (χ4n) is 4.62. The first-order chi connectivity index (χ1) is 17.1. The minimum absolute atomic E-state index is 0.0362. The predicted octanol–water partition coefficient (Wildman–Crippen LogP) is 4.65. The Balaban J connectivity index is 1.31. The van der Waals surface area contributed by atoms with Gasteiger partial charge >= 0.3 is 0 Å². The molecule has 0 N–H and O–H groups in total. The fourth-order valence-corrected chi connectivity index (χ4v) is 4.62. The average molecular weight is 472 g/mol. The quantitative estimate of drug-likeness (QED) is 0.356. The van der Waals surface area contributed by atoms with E-state index in [0.717, 1.165) is 39.7 Å². The molecule has 2 heterocycles. The van der Waals surface area contributed by atoms with E-state index in [1.54, 1.807) is 14.2 Å². The van der Waals surface area contributed by atoms with Crippen molar-refractivity contribution >= 4 is 16.9 Å². The monoisotopic (exact) mass is 471 g/mol. The molecule has 0 spiro atoms. The molecule has 35 heavy (non-hydrogen) atoms. The van der Waals surface area contributed by atoms with Gasteiger partial charge in [0.1, 0.15) is 29.7 Å². The van der Waals surface area contributed by atoms with Crippen LogP contribution in [0.1, 0.15) is 23.7 Å². The summed E-state index contributed by atoms with van der Waals surface area (Å²) in [5.41, 5.74) is 3.08. The van der Waals surface area contributed by atoms with Gasteiger partial charge in [-0.2, -0.15) is 0 Å². The first kappa shape index (κ1) is 22.8. The molecule has 7 heteroatoms. The number of benzene rings is 3. The molecular formula is C28H29N3O4. The predicted molar refractivity (Wildman–Crippen MR) is 134 cm³/mol. The Morgan fingerprint density at radius 2 is 1.54 bits per heavy atom. The van der Waals surface area contributed by atoms with Crippen LogP contribution in [0.4, 0.5) is 0 Å². The Kier molecular flexibility index (Phi) is 6.57. The van der Waals surface area contributed by atoms with Gasteiger partial charge in [0.05, 0.1) is 31.8 Å². The largest absolute Gasteiger partial charge is 0.497 e. The molecule has 1 unspecified atom stereocenters. The number of para-hydroxylation sites is 2. The lowest BCUT2D eigenvalue weighted by atomic mass is 10.1. The van der Waals surface area contributed by atoms with Crippen LogP contribution in [0.2, 0.25) is 0 Å². The third-order valence-corrected chi connectivity index (χ3v) is 6.44. The molecule has 1 aliphatic heterocycles. The number of carbonyl (C=O) groups is 1. The third kappa shape index (κ3) is 4.94. The standard InChI is InChI=1S/C28H29N3O4/c1-33-22-9-7-20(8-10-22)18-30-19-21(17-27(30)32)28-29-25-5-3-4-6-26(25)31(28)15-16-35-24-13-11-23(34-2)12-14-24/h3-14,21H,15-19H2,1-2H3. The molecule has 0 saturated carbocycles. The lowest BCUT2D eigenvalue weighted by molar-refractivity contribution is -0.128. The number of carbonyl (C=O) groups excluding carboxylic acids is 1. The second kappa shape index (κ2) is 10.1. The molecule has 0 bridgehead atoms. The van der Waals surface area contributed by atoms with Crippen LogP contribution in [-0.4, -0.2) is 47.7 Å². The summed E-state index contributed by atoms with van der Waals surface area (Å²) in [4.78, 5) is 19.8. The van der Waals surface area contributed by atoms with Crippen LogP contribution in [0, 0.1) is 0 Å². The molecule has 1 saturated heterocycles. The van der Waals surface area contributed by atoms with Crippen LogP contribution < -0.4 is 14.2 Å². The summed E-state index contributed by atoms with van der Waals surface area (Å²) in [6.07, 6.45) is 0.457. The molecule has 0 radical (unpaired) electrons. The van der Waals surface area contributed by atoms with E-state index in [4.69, 9.17) is 19.2 Å². The van der Waals surface area contributed by atoms with Gasteiger partial charge in [-0.15, -0.1) is 0 Å². The number of hydrogen-bond acceptors (Lipinski definition) is 5. The zero-order valence-electron chi connectivity index (χ0n) is 20.0. The highest BCUT2D eigenvalue weighted by Crippen LogP contribution is 2.31. The number of likely N-dealkylation sites (tertiary alicyclic amines) is 1. The summed E-state index contributed by atoms with van der Waals surface area (Å²) in [5, 5.41) is 0. The van der Waals surface area contributed by atoms with Crippen molar-refractivity contribution in [3.8, 4) is 17.2 Å². The Morgan fingerprint density at radius 3 is 2.26 bits per heavy atom. The molecule has 0 aliphatic carbocycles. The minimum atomic E-state index is 0.0362. The van der Waals surface area contributed by atoms with Gasteiger partial charge in [-0.05, 0) is 54.1 Å². The average Bonchev–Trinajstić information content (AvgIpc) is 3.45.